The van der Waals surface area contributed by atoms with Crippen molar-refractivity contribution in [1.82, 2.24) is 30.0 Å². The van der Waals surface area contributed by atoms with Crippen molar-refractivity contribution in [2.75, 3.05) is 0 Å². The summed E-state index contributed by atoms with van der Waals surface area (Å²) in [6.45, 7) is 0.403. The maximum absolute atomic E-state index is 11.1. The highest BCUT2D eigenvalue weighted by Gasteiger charge is 2.33. The lowest BCUT2D eigenvalue weighted by Gasteiger charge is -2.03. The van der Waals surface area contributed by atoms with Gasteiger partial charge in [0.25, 0.3) is 0 Å². The first-order valence-electron chi connectivity index (χ1n) is 5.67. The van der Waals surface area contributed by atoms with Crippen LogP contribution in [-0.2, 0) is 13.6 Å². The maximum atomic E-state index is 11.1. The molecule has 2 aromatic heterocycles. The van der Waals surface area contributed by atoms with Crippen LogP contribution in [0.15, 0.2) is 6.20 Å². The molecule has 1 N–H and O–H groups in total. The minimum absolute atomic E-state index is 0.0568. The van der Waals surface area contributed by atoms with Crippen LogP contribution in [0, 0.1) is 0 Å². The molecular formula is C10H12N6O2. The molecule has 1 saturated carbocycles. The van der Waals surface area contributed by atoms with Crippen molar-refractivity contribution in [3.8, 4) is 0 Å². The minimum Gasteiger partial charge on any atom is -0.476 e. The van der Waals surface area contributed by atoms with Crippen LogP contribution in [0.25, 0.3) is 0 Å². The fraction of sp³-hybridized carbons (Fsp3) is 0.500. The summed E-state index contributed by atoms with van der Waals surface area (Å²) in [6.07, 6.45) is 3.76. The number of aromatic nitrogens is 6. The molecule has 8 nitrogen and oxygen atoms in total. The van der Waals surface area contributed by atoms with Gasteiger partial charge in [-0.05, 0) is 12.8 Å². The van der Waals surface area contributed by atoms with E-state index in [0.29, 0.717) is 12.2 Å². The van der Waals surface area contributed by atoms with E-state index in [-0.39, 0.29) is 11.6 Å². The van der Waals surface area contributed by atoms with Gasteiger partial charge < -0.3 is 5.11 Å². The number of aryl methyl sites for hydroxylation is 1. The second-order valence-electron chi connectivity index (χ2n) is 4.44. The number of carboxylic acids is 1. The maximum Gasteiger partial charge on any atom is 0.358 e. The van der Waals surface area contributed by atoms with E-state index in [1.165, 1.54) is 0 Å². The van der Waals surface area contributed by atoms with Crippen LogP contribution in [0.3, 0.4) is 0 Å². The average molecular weight is 248 g/mol. The third-order valence-corrected chi connectivity index (χ3v) is 2.90. The van der Waals surface area contributed by atoms with E-state index in [2.05, 4.69) is 20.6 Å². The van der Waals surface area contributed by atoms with Crippen LogP contribution in [0.4, 0.5) is 0 Å². The zero-order valence-electron chi connectivity index (χ0n) is 9.81. The highest BCUT2D eigenvalue weighted by atomic mass is 16.4. The number of hydrogen-bond donors (Lipinski definition) is 1. The quantitative estimate of drug-likeness (QED) is 0.819. The molecule has 2 aromatic rings. The third kappa shape index (κ3) is 1.85. The van der Waals surface area contributed by atoms with Crippen LogP contribution < -0.4 is 0 Å². The molecule has 0 aliphatic heterocycles. The predicted molar refractivity (Wildman–Crippen MR) is 59.1 cm³/mol. The number of aromatic carboxylic acids is 1. The Morgan fingerprint density at radius 1 is 1.44 bits per heavy atom. The van der Waals surface area contributed by atoms with E-state index >= 15 is 0 Å². The molecule has 0 bridgehead atoms. The Morgan fingerprint density at radius 2 is 2.22 bits per heavy atom. The van der Waals surface area contributed by atoms with E-state index in [0.717, 1.165) is 18.5 Å². The molecule has 0 saturated heterocycles. The summed E-state index contributed by atoms with van der Waals surface area (Å²) >= 11 is 0. The Hall–Kier alpha value is -2.25. The molecule has 18 heavy (non-hydrogen) atoms. The molecule has 2 heterocycles. The predicted octanol–water partition coefficient (Wildman–Crippen LogP) is 0.0305. The smallest absolute Gasteiger partial charge is 0.358 e. The first-order chi connectivity index (χ1) is 8.65. The Kier molecular flexibility index (Phi) is 2.35. The lowest BCUT2D eigenvalue weighted by Crippen LogP contribution is -2.08. The molecule has 0 radical (unpaired) electrons. The molecule has 0 aromatic carbocycles. The van der Waals surface area contributed by atoms with Crippen molar-refractivity contribution in [3.63, 3.8) is 0 Å². The van der Waals surface area contributed by atoms with Crippen molar-refractivity contribution >= 4 is 5.97 Å². The molecular weight excluding hydrogens is 236 g/mol. The Balaban J connectivity index is 1.94. The SMILES string of the molecule is Cn1cc(Cn2nnc(C(=O)O)c2C2CC2)nn1. The molecule has 1 fully saturated rings. The van der Waals surface area contributed by atoms with E-state index in [1.54, 1.807) is 22.6 Å². The lowest BCUT2D eigenvalue weighted by atomic mass is 10.2. The van der Waals surface area contributed by atoms with E-state index in [4.69, 9.17) is 5.11 Å². The molecule has 0 spiro atoms. The molecule has 1 aliphatic carbocycles. The Bertz CT molecular complexity index is 597. The highest BCUT2D eigenvalue weighted by molar-refractivity contribution is 5.86. The molecule has 0 atom stereocenters. The third-order valence-electron chi connectivity index (χ3n) is 2.90. The van der Waals surface area contributed by atoms with E-state index < -0.39 is 5.97 Å². The summed E-state index contributed by atoms with van der Waals surface area (Å²) in [5, 5.41) is 24.5. The van der Waals surface area contributed by atoms with Gasteiger partial charge in [-0.25, -0.2) is 9.48 Å². The summed E-state index contributed by atoms with van der Waals surface area (Å²) < 4.78 is 3.21. The number of carbonyl (C=O) groups is 1. The van der Waals surface area contributed by atoms with Gasteiger partial charge in [-0.3, -0.25) is 4.68 Å². The van der Waals surface area contributed by atoms with Gasteiger partial charge in [-0.1, -0.05) is 10.4 Å². The average Bonchev–Trinajstić information content (AvgIpc) is 2.94. The van der Waals surface area contributed by atoms with Gasteiger partial charge in [0.1, 0.15) is 5.69 Å². The van der Waals surface area contributed by atoms with Crippen molar-refractivity contribution in [1.29, 1.82) is 0 Å². The topological polar surface area (TPSA) is 98.7 Å². The molecule has 1 aliphatic rings. The Morgan fingerprint density at radius 3 is 2.78 bits per heavy atom. The summed E-state index contributed by atoms with van der Waals surface area (Å²) in [7, 11) is 1.78. The van der Waals surface area contributed by atoms with Crippen LogP contribution in [-0.4, -0.2) is 41.1 Å². The molecule has 8 heteroatoms. The molecule has 0 amide bonds. The molecule has 0 unspecified atom stereocenters. The van der Waals surface area contributed by atoms with Crippen LogP contribution in [0.5, 0.6) is 0 Å². The van der Waals surface area contributed by atoms with Crippen molar-refractivity contribution < 1.29 is 9.90 Å². The zero-order chi connectivity index (χ0) is 12.7. The first-order valence-corrected chi connectivity index (χ1v) is 5.67. The number of hydrogen-bond acceptors (Lipinski definition) is 5. The summed E-state index contributed by atoms with van der Waals surface area (Å²) in [5.41, 5.74) is 1.50. The van der Waals surface area contributed by atoms with Gasteiger partial charge in [0, 0.05) is 19.2 Å². The lowest BCUT2D eigenvalue weighted by molar-refractivity contribution is 0.0689. The van der Waals surface area contributed by atoms with Crippen molar-refractivity contribution in [3.05, 3.63) is 23.3 Å². The number of rotatable bonds is 4. The summed E-state index contributed by atoms with van der Waals surface area (Å²) in [6, 6.07) is 0. The fourth-order valence-electron chi connectivity index (χ4n) is 1.97. The van der Waals surface area contributed by atoms with Gasteiger partial charge in [-0.15, -0.1) is 10.2 Å². The summed E-state index contributed by atoms with van der Waals surface area (Å²) in [4.78, 5) is 11.1. The number of nitrogens with zero attached hydrogens (tertiary/aromatic N) is 6. The zero-order valence-corrected chi connectivity index (χ0v) is 9.81. The number of carboxylic acid groups (broad SMARTS) is 1. The van der Waals surface area contributed by atoms with E-state index in [1.807, 2.05) is 0 Å². The van der Waals surface area contributed by atoms with Gasteiger partial charge in [0.2, 0.25) is 0 Å². The summed E-state index contributed by atoms with van der Waals surface area (Å²) in [5.74, 6) is -0.759. The van der Waals surface area contributed by atoms with E-state index in [9.17, 15) is 4.79 Å². The second kappa shape index (κ2) is 3.90. The van der Waals surface area contributed by atoms with Crippen LogP contribution >= 0.6 is 0 Å². The van der Waals surface area contributed by atoms with Crippen LogP contribution in [0.2, 0.25) is 0 Å². The first kappa shape index (κ1) is 10.9. The largest absolute Gasteiger partial charge is 0.476 e. The second-order valence-corrected chi connectivity index (χ2v) is 4.44. The van der Waals surface area contributed by atoms with Crippen LogP contribution in [0.1, 0.15) is 40.6 Å². The fourth-order valence-corrected chi connectivity index (χ4v) is 1.97. The molecule has 3 rings (SSSR count). The van der Waals surface area contributed by atoms with Gasteiger partial charge in [0.15, 0.2) is 5.69 Å². The van der Waals surface area contributed by atoms with Crippen molar-refractivity contribution in [2.45, 2.75) is 25.3 Å². The van der Waals surface area contributed by atoms with Gasteiger partial charge in [-0.2, -0.15) is 0 Å². The van der Waals surface area contributed by atoms with Crippen molar-refractivity contribution in [2.24, 2.45) is 7.05 Å². The Labute approximate surface area is 102 Å². The minimum atomic E-state index is -1.03. The highest BCUT2D eigenvalue weighted by Crippen LogP contribution is 2.41. The monoisotopic (exact) mass is 248 g/mol. The standard InChI is InChI=1S/C10H12N6O2/c1-15-4-7(11-13-15)5-16-9(6-2-3-6)8(10(17)18)12-14-16/h4,6H,2-3,5H2,1H3,(H,17,18). The van der Waals surface area contributed by atoms with Gasteiger partial charge in [0.05, 0.1) is 12.2 Å². The van der Waals surface area contributed by atoms with Gasteiger partial charge >= 0.3 is 5.97 Å². The normalized spacial score (nSPS) is 14.9. The molecule has 94 valence electrons.